The maximum Gasteiger partial charge on any atom is 0.261 e. The molecule has 3 aliphatic rings. The van der Waals surface area contributed by atoms with E-state index in [-0.39, 0.29) is 11.9 Å². The quantitative estimate of drug-likeness (QED) is 0.772. The molecule has 0 saturated carbocycles. The number of hydrogen-bond acceptors (Lipinski definition) is 6. The highest BCUT2D eigenvalue weighted by Crippen LogP contribution is 2.52. The van der Waals surface area contributed by atoms with Crippen molar-refractivity contribution in [1.82, 2.24) is 4.90 Å². The lowest BCUT2D eigenvalue weighted by atomic mass is 9.74. The summed E-state index contributed by atoms with van der Waals surface area (Å²) in [5.41, 5.74) is 6.84. The number of halogens is 1. The topological polar surface area (TPSA) is 86.4 Å². The lowest BCUT2D eigenvalue weighted by molar-refractivity contribution is -0.139. The number of amides is 1. The van der Waals surface area contributed by atoms with Gasteiger partial charge in [0, 0.05) is 30.7 Å². The standard InChI is InChI=1S/C23H24ClN3O4/c1-27-20(28)23(26-21(27)25)12-22(6-3-7-30-13-22)31-19-5-4-14(10-18(19)23)15-8-16(24)11-17(9-15)29-2/h4-5,8-11H,3,6-7,12-13H2,1-2H3,(H2,25,26)/t22-,23-/m0/s1. The Kier molecular flexibility index (Phi) is 4.64. The molecule has 1 amide bonds. The fourth-order valence-electron chi connectivity index (χ4n) is 4.84. The average Bonchev–Trinajstić information content (AvgIpc) is 2.97. The molecule has 7 nitrogen and oxygen atoms in total. The first-order valence-corrected chi connectivity index (χ1v) is 10.6. The minimum absolute atomic E-state index is 0.152. The molecule has 3 aliphatic heterocycles. The van der Waals surface area contributed by atoms with Crippen LogP contribution in [0.15, 0.2) is 41.4 Å². The summed E-state index contributed by atoms with van der Waals surface area (Å²) < 4.78 is 17.6. The van der Waals surface area contributed by atoms with Crippen LogP contribution in [0.25, 0.3) is 11.1 Å². The van der Waals surface area contributed by atoms with Gasteiger partial charge in [-0.2, -0.15) is 0 Å². The maximum absolute atomic E-state index is 13.5. The van der Waals surface area contributed by atoms with Gasteiger partial charge in [0.1, 0.15) is 17.1 Å². The molecule has 1 fully saturated rings. The molecule has 162 valence electrons. The van der Waals surface area contributed by atoms with Crippen LogP contribution in [-0.4, -0.2) is 49.7 Å². The Balaban J connectivity index is 1.68. The fourth-order valence-corrected chi connectivity index (χ4v) is 5.06. The monoisotopic (exact) mass is 441 g/mol. The van der Waals surface area contributed by atoms with Crippen molar-refractivity contribution >= 4 is 23.5 Å². The molecule has 2 N–H and O–H groups in total. The first-order chi connectivity index (χ1) is 14.9. The van der Waals surface area contributed by atoms with Crippen molar-refractivity contribution in [2.75, 3.05) is 27.4 Å². The van der Waals surface area contributed by atoms with Crippen molar-refractivity contribution in [1.29, 1.82) is 0 Å². The van der Waals surface area contributed by atoms with Crippen LogP contribution >= 0.6 is 11.6 Å². The number of benzene rings is 2. The van der Waals surface area contributed by atoms with E-state index in [2.05, 4.69) is 0 Å². The lowest BCUT2D eigenvalue weighted by Gasteiger charge is -2.46. The number of fused-ring (bicyclic) bond motifs is 2. The molecule has 0 radical (unpaired) electrons. The van der Waals surface area contributed by atoms with Crippen LogP contribution < -0.4 is 15.2 Å². The molecular weight excluding hydrogens is 418 g/mol. The van der Waals surface area contributed by atoms with Gasteiger partial charge in [-0.05, 0) is 54.3 Å². The molecule has 2 aromatic rings. The minimum Gasteiger partial charge on any atom is -0.497 e. The first-order valence-electron chi connectivity index (χ1n) is 10.3. The second-order valence-electron chi connectivity index (χ2n) is 8.40. The van der Waals surface area contributed by atoms with Gasteiger partial charge in [0.15, 0.2) is 11.5 Å². The largest absolute Gasteiger partial charge is 0.497 e. The molecule has 3 heterocycles. The van der Waals surface area contributed by atoms with E-state index in [1.54, 1.807) is 20.2 Å². The van der Waals surface area contributed by atoms with Gasteiger partial charge in [-0.25, -0.2) is 4.99 Å². The van der Waals surface area contributed by atoms with E-state index in [1.165, 1.54) is 4.90 Å². The molecule has 2 aromatic carbocycles. The summed E-state index contributed by atoms with van der Waals surface area (Å²) in [6, 6.07) is 11.3. The number of methoxy groups -OCH3 is 1. The predicted octanol–water partition coefficient (Wildman–Crippen LogP) is 3.33. The lowest BCUT2D eigenvalue weighted by Crippen LogP contribution is -2.55. The number of hydrogen-bond donors (Lipinski definition) is 1. The highest BCUT2D eigenvalue weighted by molar-refractivity contribution is 6.31. The molecule has 5 rings (SSSR count). The van der Waals surface area contributed by atoms with E-state index < -0.39 is 11.1 Å². The van der Waals surface area contributed by atoms with Crippen molar-refractivity contribution in [3.8, 4) is 22.6 Å². The van der Waals surface area contributed by atoms with Gasteiger partial charge >= 0.3 is 0 Å². The van der Waals surface area contributed by atoms with Crippen LogP contribution in [0.1, 0.15) is 24.8 Å². The normalized spacial score (nSPS) is 27.3. The van der Waals surface area contributed by atoms with E-state index in [0.717, 1.165) is 24.0 Å². The number of rotatable bonds is 2. The second-order valence-corrected chi connectivity index (χ2v) is 8.84. The van der Waals surface area contributed by atoms with Crippen LogP contribution in [-0.2, 0) is 15.1 Å². The molecule has 2 atom stereocenters. The summed E-state index contributed by atoms with van der Waals surface area (Å²) in [5.74, 6) is 1.35. The van der Waals surface area contributed by atoms with Crippen LogP contribution in [0.2, 0.25) is 5.02 Å². The van der Waals surface area contributed by atoms with Gasteiger partial charge in [0.2, 0.25) is 0 Å². The Morgan fingerprint density at radius 1 is 1.23 bits per heavy atom. The number of nitrogens with two attached hydrogens (primary N) is 1. The van der Waals surface area contributed by atoms with Gasteiger partial charge in [-0.1, -0.05) is 17.7 Å². The number of guanidine groups is 1. The van der Waals surface area contributed by atoms with E-state index in [1.807, 2.05) is 30.3 Å². The Morgan fingerprint density at radius 2 is 2.06 bits per heavy atom. The molecule has 2 spiro atoms. The van der Waals surface area contributed by atoms with Gasteiger partial charge in [0.25, 0.3) is 5.91 Å². The number of ether oxygens (including phenoxy) is 3. The fraction of sp³-hybridized carbons (Fsp3) is 0.391. The summed E-state index contributed by atoms with van der Waals surface area (Å²) in [6.45, 7) is 1.12. The summed E-state index contributed by atoms with van der Waals surface area (Å²) >= 11 is 6.28. The highest BCUT2D eigenvalue weighted by Gasteiger charge is 2.58. The third kappa shape index (κ3) is 3.15. The van der Waals surface area contributed by atoms with Gasteiger partial charge in [0.05, 0.1) is 13.7 Å². The molecule has 8 heteroatoms. The Labute approximate surface area is 185 Å². The van der Waals surface area contributed by atoms with E-state index in [9.17, 15) is 4.79 Å². The van der Waals surface area contributed by atoms with Crippen LogP contribution in [0.5, 0.6) is 11.5 Å². The second kappa shape index (κ2) is 7.14. The first kappa shape index (κ1) is 20.2. The molecule has 1 saturated heterocycles. The Hall–Kier alpha value is -2.77. The van der Waals surface area contributed by atoms with Gasteiger partial charge in [-0.3, -0.25) is 9.69 Å². The highest BCUT2D eigenvalue weighted by atomic mass is 35.5. The number of aliphatic imine (C=N–C) groups is 1. The van der Waals surface area contributed by atoms with E-state index >= 15 is 0 Å². The average molecular weight is 442 g/mol. The predicted molar refractivity (Wildman–Crippen MR) is 118 cm³/mol. The number of carbonyl (C=O) groups is 1. The van der Waals surface area contributed by atoms with Crippen molar-refractivity contribution in [3.05, 3.63) is 47.0 Å². The smallest absolute Gasteiger partial charge is 0.261 e. The number of nitrogens with zero attached hydrogens (tertiary/aromatic N) is 2. The van der Waals surface area contributed by atoms with E-state index in [0.29, 0.717) is 41.7 Å². The minimum atomic E-state index is -1.13. The van der Waals surface area contributed by atoms with Crippen molar-refractivity contribution in [2.24, 2.45) is 10.7 Å². The van der Waals surface area contributed by atoms with Crippen molar-refractivity contribution in [2.45, 2.75) is 30.4 Å². The SMILES string of the molecule is COc1cc(Cl)cc(-c2ccc3c(c2)[C@]2(C[C@]4(CCCOC4)O3)N=C(N)N(C)C2=O)c1. The molecular formula is C23H24ClN3O4. The van der Waals surface area contributed by atoms with E-state index in [4.69, 9.17) is 36.5 Å². The molecule has 0 aromatic heterocycles. The van der Waals surface area contributed by atoms with Crippen LogP contribution in [0, 0.1) is 0 Å². The maximum atomic E-state index is 13.5. The van der Waals surface area contributed by atoms with Gasteiger partial charge in [-0.15, -0.1) is 0 Å². The summed E-state index contributed by atoms with van der Waals surface area (Å²) in [7, 11) is 3.25. The summed E-state index contributed by atoms with van der Waals surface area (Å²) in [6.07, 6.45) is 2.06. The molecule has 31 heavy (non-hydrogen) atoms. The Morgan fingerprint density at radius 3 is 2.74 bits per heavy atom. The van der Waals surface area contributed by atoms with Gasteiger partial charge < -0.3 is 19.9 Å². The zero-order valence-electron chi connectivity index (χ0n) is 17.5. The third-order valence-corrected chi connectivity index (χ3v) is 6.58. The summed E-state index contributed by atoms with van der Waals surface area (Å²) in [4.78, 5) is 19.6. The molecule has 0 aliphatic carbocycles. The Bertz CT molecular complexity index is 1100. The zero-order chi connectivity index (χ0) is 21.8. The molecule has 0 bridgehead atoms. The number of carbonyl (C=O) groups excluding carboxylic acids is 1. The zero-order valence-corrected chi connectivity index (χ0v) is 18.2. The molecule has 0 unspecified atom stereocenters. The van der Waals surface area contributed by atoms with Crippen molar-refractivity contribution in [3.63, 3.8) is 0 Å². The van der Waals surface area contributed by atoms with Crippen LogP contribution in [0.4, 0.5) is 0 Å². The number of likely N-dealkylation sites (N-methyl/N-ethyl adjacent to an activating group) is 1. The van der Waals surface area contributed by atoms with Crippen molar-refractivity contribution < 1.29 is 19.0 Å². The summed E-state index contributed by atoms with van der Waals surface area (Å²) in [5, 5.41) is 0.565. The third-order valence-electron chi connectivity index (χ3n) is 6.36. The van der Waals surface area contributed by atoms with Crippen LogP contribution in [0.3, 0.4) is 0 Å².